The van der Waals surface area contributed by atoms with Gasteiger partial charge in [0.05, 0.1) is 11.2 Å². The molecule has 2 nitrogen and oxygen atoms in total. The van der Waals surface area contributed by atoms with Crippen LogP contribution in [0.3, 0.4) is 0 Å². The number of hydrogen-bond donors (Lipinski definition) is 1. The number of rotatable bonds is 0. The quantitative estimate of drug-likeness (QED) is 0.765. The summed E-state index contributed by atoms with van der Waals surface area (Å²) in [6, 6.07) is 6.05. The maximum Gasteiger partial charge on any atom is 0.179 e. The van der Waals surface area contributed by atoms with Gasteiger partial charge in [-0.2, -0.15) is 0 Å². The van der Waals surface area contributed by atoms with Crippen LogP contribution in [0.25, 0.3) is 10.9 Å². The summed E-state index contributed by atoms with van der Waals surface area (Å²) >= 11 is 3.48. The van der Waals surface area contributed by atoms with Crippen LogP contribution < -0.4 is 0 Å². The molecule has 0 amide bonds. The molecule has 14 heavy (non-hydrogen) atoms. The zero-order valence-corrected chi connectivity index (χ0v) is 9.02. The highest BCUT2D eigenvalue weighted by Crippen LogP contribution is 2.33. The molecule has 0 bridgehead atoms. The Kier molecular flexibility index (Phi) is 1.59. The fourth-order valence-electron chi connectivity index (χ4n) is 2.10. The minimum absolute atomic E-state index is 0.239. The zero-order valence-electron chi connectivity index (χ0n) is 7.43. The van der Waals surface area contributed by atoms with Gasteiger partial charge in [-0.3, -0.25) is 4.79 Å². The van der Waals surface area contributed by atoms with Crippen molar-refractivity contribution in [3.63, 3.8) is 0 Å². The summed E-state index contributed by atoms with van der Waals surface area (Å²) in [5.74, 6) is 0.239. The molecule has 0 saturated heterocycles. The van der Waals surface area contributed by atoms with Gasteiger partial charge < -0.3 is 4.98 Å². The van der Waals surface area contributed by atoms with Gasteiger partial charge in [0.2, 0.25) is 0 Å². The number of nitrogens with one attached hydrogen (secondary N) is 1. The number of benzene rings is 1. The third-order valence-electron chi connectivity index (χ3n) is 2.77. The van der Waals surface area contributed by atoms with Gasteiger partial charge in [-0.05, 0) is 34.0 Å². The molecule has 0 saturated carbocycles. The van der Waals surface area contributed by atoms with E-state index in [0.29, 0.717) is 6.42 Å². The monoisotopic (exact) mass is 249 g/mol. The van der Waals surface area contributed by atoms with Crippen LogP contribution >= 0.6 is 15.9 Å². The predicted molar refractivity (Wildman–Crippen MR) is 58.7 cm³/mol. The summed E-state index contributed by atoms with van der Waals surface area (Å²) in [6.45, 7) is 0. The Morgan fingerprint density at radius 3 is 3.00 bits per heavy atom. The second kappa shape index (κ2) is 2.70. The molecule has 1 aliphatic carbocycles. The van der Waals surface area contributed by atoms with Gasteiger partial charge in [0.25, 0.3) is 0 Å². The lowest BCUT2D eigenvalue weighted by molar-refractivity contribution is 0.0991. The van der Waals surface area contributed by atoms with Crippen molar-refractivity contribution in [2.24, 2.45) is 0 Å². The summed E-state index contributed by atoms with van der Waals surface area (Å²) < 4.78 is 1.03. The predicted octanol–water partition coefficient (Wildman–Crippen LogP) is 3.06. The first-order valence-electron chi connectivity index (χ1n) is 4.59. The molecule has 0 aliphatic heterocycles. The lowest BCUT2D eigenvalue weighted by Crippen LogP contribution is -1.91. The SMILES string of the molecule is O=C1CCc2c1[nH]c1c(Br)cccc21. The van der Waals surface area contributed by atoms with E-state index in [-0.39, 0.29) is 5.78 Å². The highest BCUT2D eigenvalue weighted by molar-refractivity contribution is 9.10. The van der Waals surface area contributed by atoms with Crippen LogP contribution in [0.1, 0.15) is 22.5 Å². The Hall–Kier alpha value is -1.09. The van der Waals surface area contributed by atoms with Gasteiger partial charge in [0.1, 0.15) is 0 Å². The molecule has 2 aromatic rings. The number of carbonyl (C=O) groups excluding carboxylic acids is 1. The molecule has 3 heteroatoms. The number of Topliss-reactive ketones (excluding diaryl/α,β-unsaturated/α-hetero) is 1. The smallest absolute Gasteiger partial charge is 0.179 e. The molecule has 1 N–H and O–H groups in total. The topological polar surface area (TPSA) is 32.9 Å². The molecule has 1 aromatic heterocycles. The number of ketones is 1. The summed E-state index contributed by atoms with van der Waals surface area (Å²) in [5.41, 5.74) is 3.05. The number of aromatic amines is 1. The maximum atomic E-state index is 11.5. The first-order valence-corrected chi connectivity index (χ1v) is 5.39. The average Bonchev–Trinajstić information content (AvgIpc) is 2.69. The Morgan fingerprint density at radius 1 is 1.29 bits per heavy atom. The molecular formula is C11H8BrNO. The number of H-pyrrole nitrogens is 1. The number of aromatic nitrogens is 1. The first kappa shape index (κ1) is 8.24. The molecule has 0 fully saturated rings. The van der Waals surface area contributed by atoms with E-state index in [1.165, 1.54) is 10.9 Å². The number of hydrogen-bond acceptors (Lipinski definition) is 1. The second-order valence-electron chi connectivity index (χ2n) is 3.56. The molecule has 0 atom stereocenters. The molecule has 3 rings (SSSR count). The minimum Gasteiger partial charge on any atom is -0.351 e. The van der Waals surface area contributed by atoms with E-state index >= 15 is 0 Å². The van der Waals surface area contributed by atoms with Gasteiger partial charge in [-0.1, -0.05) is 12.1 Å². The largest absolute Gasteiger partial charge is 0.351 e. The van der Waals surface area contributed by atoms with E-state index in [1.807, 2.05) is 12.1 Å². The molecule has 0 radical (unpaired) electrons. The summed E-state index contributed by atoms with van der Waals surface area (Å²) in [5, 5.41) is 1.18. The molecule has 1 heterocycles. The Labute approximate surface area is 89.4 Å². The molecule has 1 aliphatic rings. The van der Waals surface area contributed by atoms with E-state index in [2.05, 4.69) is 27.0 Å². The molecule has 70 valence electrons. The van der Waals surface area contributed by atoms with Crippen molar-refractivity contribution in [3.8, 4) is 0 Å². The van der Waals surface area contributed by atoms with Crippen LogP contribution in [-0.4, -0.2) is 10.8 Å². The van der Waals surface area contributed by atoms with Gasteiger partial charge in [0.15, 0.2) is 5.78 Å². The lowest BCUT2D eigenvalue weighted by atomic mass is 10.1. The Balaban J connectivity index is 2.45. The molecule has 0 spiro atoms. The highest BCUT2D eigenvalue weighted by atomic mass is 79.9. The van der Waals surface area contributed by atoms with Gasteiger partial charge in [-0.15, -0.1) is 0 Å². The van der Waals surface area contributed by atoms with Gasteiger partial charge >= 0.3 is 0 Å². The number of halogens is 1. The van der Waals surface area contributed by atoms with Crippen LogP contribution in [0.2, 0.25) is 0 Å². The maximum absolute atomic E-state index is 11.5. The van der Waals surface area contributed by atoms with E-state index < -0.39 is 0 Å². The Morgan fingerprint density at radius 2 is 2.14 bits per heavy atom. The third-order valence-corrected chi connectivity index (χ3v) is 3.43. The summed E-state index contributed by atoms with van der Waals surface area (Å²) in [7, 11) is 0. The van der Waals surface area contributed by atoms with Crippen LogP contribution in [0.4, 0.5) is 0 Å². The van der Waals surface area contributed by atoms with Crippen molar-refractivity contribution in [1.82, 2.24) is 4.98 Å². The fourth-order valence-corrected chi connectivity index (χ4v) is 2.56. The van der Waals surface area contributed by atoms with Gasteiger partial charge in [0, 0.05) is 16.3 Å². The minimum atomic E-state index is 0.239. The van der Waals surface area contributed by atoms with E-state index in [9.17, 15) is 4.79 Å². The van der Waals surface area contributed by atoms with Crippen LogP contribution in [0.5, 0.6) is 0 Å². The van der Waals surface area contributed by atoms with Crippen LogP contribution in [-0.2, 0) is 6.42 Å². The van der Waals surface area contributed by atoms with Crippen LogP contribution in [0, 0.1) is 0 Å². The van der Waals surface area contributed by atoms with Crippen LogP contribution in [0.15, 0.2) is 22.7 Å². The van der Waals surface area contributed by atoms with E-state index in [0.717, 1.165) is 22.1 Å². The van der Waals surface area contributed by atoms with Crippen molar-refractivity contribution in [1.29, 1.82) is 0 Å². The fraction of sp³-hybridized carbons (Fsp3) is 0.182. The van der Waals surface area contributed by atoms with Crippen molar-refractivity contribution in [2.45, 2.75) is 12.8 Å². The van der Waals surface area contributed by atoms with Crippen molar-refractivity contribution >= 4 is 32.6 Å². The molecular weight excluding hydrogens is 242 g/mol. The lowest BCUT2D eigenvalue weighted by Gasteiger charge is -1.94. The summed E-state index contributed by atoms with van der Waals surface area (Å²) in [6.07, 6.45) is 1.54. The number of aryl methyl sites for hydroxylation is 1. The van der Waals surface area contributed by atoms with Crippen molar-refractivity contribution in [2.75, 3.05) is 0 Å². The highest BCUT2D eigenvalue weighted by Gasteiger charge is 2.24. The number of fused-ring (bicyclic) bond motifs is 3. The molecule has 1 aromatic carbocycles. The normalized spacial score (nSPS) is 15.1. The number of carbonyl (C=O) groups is 1. The molecule has 0 unspecified atom stereocenters. The standard InChI is InChI=1S/C11H8BrNO/c12-8-3-1-2-6-7-4-5-9(14)11(7)13-10(6)8/h1-3,13H,4-5H2. The van der Waals surface area contributed by atoms with Crippen molar-refractivity contribution in [3.05, 3.63) is 33.9 Å². The second-order valence-corrected chi connectivity index (χ2v) is 4.42. The third kappa shape index (κ3) is 0.932. The first-order chi connectivity index (χ1) is 6.77. The van der Waals surface area contributed by atoms with Crippen molar-refractivity contribution < 1.29 is 4.79 Å². The summed E-state index contributed by atoms with van der Waals surface area (Å²) in [4.78, 5) is 14.7. The van der Waals surface area contributed by atoms with E-state index in [1.54, 1.807) is 0 Å². The van der Waals surface area contributed by atoms with Gasteiger partial charge in [-0.25, -0.2) is 0 Å². The van der Waals surface area contributed by atoms with E-state index in [4.69, 9.17) is 0 Å². The zero-order chi connectivity index (χ0) is 9.71. The average molecular weight is 250 g/mol. The number of para-hydroxylation sites is 1. The Bertz CT molecular complexity index is 541.